The van der Waals surface area contributed by atoms with Crippen molar-refractivity contribution in [3.8, 4) is 17.1 Å². The van der Waals surface area contributed by atoms with E-state index in [0.717, 1.165) is 19.2 Å². The van der Waals surface area contributed by atoms with Gasteiger partial charge in [0, 0.05) is 11.8 Å². The molecule has 0 aromatic carbocycles. The maximum atomic E-state index is 14.1. The SMILES string of the molecule is CSc1nc(CNC=O)cc(-c2cnc(OC(C)C(F)(F)F)c(F)c2)n1. The van der Waals surface area contributed by atoms with Gasteiger partial charge in [0.2, 0.25) is 6.41 Å². The number of hydrogen-bond acceptors (Lipinski definition) is 6. The minimum Gasteiger partial charge on any atom is -0.463 e. The van der Waals surface area contributed by atoms with Gasteiger partial charge in [-0.15, -0.1) is 0 Å². The molecule has 2 heterocycles. The Morgan fingerprint density at radius 2 is 2.08 bits per heavy atom. The van der Waals surface area contributed by atoms with Crippen LogP contribution in [0.2, 0.25) is 0 Å². The number of pyridine rings is 1. The summed E-state index contributed by atoms with van der Waals surface area (Å²) in [5.74, 6) is -1.80. The summed E-state index contributed by atoms with van der Waals surface area (Å²) in [7, 11) is 0. The number of thioether (sulfide) groups is 1. The standard InChI is InChI=1S/C15H14F4N4O2S/c1-8(15(17,18)19)25-13-11(16)3-9(5-21-13)12-4-10(6-20-7-24)22-14(23-12)26-2/h3-5,7-8H,6H2,1-2H3,(H,20,24). The van der Waals surface area contributed by atoms with Crippen molar-refractivity contribution in [1.82, 2.24) is 20.3 Å². The molecular weight excluding hydrogens is 376 g/mol. The highest BCUT2D eigenvalue weighted by molar-refractivity contribution is 7.98. The molecular formula is C15H14F4N4O2S. The van der Waals surface area contributed by atoms with Gasteiger partial charge in [0.05, 0.1) is 17.9 Å². The van der Waals surface area contributed by atoms with Gasteiger partial charge in [-0.2, -0.15) is 13.2 Å². The number of ether oxygens (including phenoxy) is 1. The number of rotatable bonds is 7. The van der Waals surface area contributed by atoms with Crippen LogP contribution in [0.15, 0.2) is 23.5 Å². The summed E-state index contributed by atoms with van der Waals surface area (Å²) < 4.78 is 56.2. The van der Waals surface area contributed by atoms with Crippen molar-refractivity contribution >= 4 is 18.2 Å². The van der Waals surface area contributed by atoms with Crippen LogP contribution in [0.25, 0.3) is 11.3 Å². The first-order valence-electron chi connectivity index (χ1n) is 7.23. The van der Waals surface area contributed by atoms with E-state index < -0.39 is 24.0 Å². The normalized spacial score (nSPS) is 12.5. The van der Waals surface area contributed by atoms with Crippen LogP contribution >= 0.6 is 11.8 Å². The van der Waals surface area contributed by atoms with Gasteiger partial charge in [-0.05, 0) is 25.3 Å². The van der Waals surface area contributed by atoms with Crippen molar-refractivity contribution in [2.45, 2.75) is 30.9 Å². The van der Waals surface area contributed by atoms with Gasteiger partial charge in [0.1, 0.15) is 0 Å². The van der Waals surface area contributed by atoms with Gasteiger partial charge in [-0.1, -0.05) is 11.8 Å². The van der Waals surface area contributed by atoms with Crippen molar-refractivity contribution in [3.63, 3.8) is 0 Å². The van der Waals surface area contributed by atoms with Gasteiger partial charge < -0.3 is 10.1 Å². The Balaban J connectivity index is 2.31. The summed E-state index contributed by atoms with van der Waals surface area (Å²) >= 11 is 1.24. The fourth-order valence-electron chi connectivity index (χ4n) is 1.84. The topological polar surface area (TPSA) is 77.0 Å². The van der Waals surface area contributed by atoms with Crippen LogP contribution in [0, 0.1) is 5.82 Å². The summed E-state index contributed by atoms with van der Waals surface area (Å²) in [6.45, 7) is 0.906. The predicted octanol–water partition coefficient (Wildman–Crippen LogP) is 2.98. The van der Waals surface area contributed by atoms with Gasteiger partial charge in [0.25, 0.3) is 5.88 Å². The number of halogens is 4. The van der Waals surface area contributed by atoms with Crippen molar-refractivity contribution in [1.29, 1.82) is 0 Å². The Labute approximate surface area is 150 Å². The average Bonchev–Trinajstić information content (AvgIpc) is 2.60. The molecule has 0 bridgehead atoms. The molecule has 0 radical (unpaired) electrons. The fraction of sp³-hybridized carbons (Fsp3) is 0.333. The van der Waals surface area contributed by atoms with E-state index in [1.54, 1.807) is 6.26 Å². The highest BCUT2D eigenvalue weighted by atomic mass is 32.2. The lowest BCUT2D eigenvalue weighted by Gasteiger charge is -2.17. The van der Waals surface area contributed by atoms with Crippen LogP contribution in [0.4, 0.5) is 17.6 Å². The predicted molar refractivity (Wildman–Crippen MR) is 86.1 cm³/mol. The van der Waals surface area contributed by atoms with Crippen LogP contribution < -0.4 is 10.1 Å². The molecule has 0 aliphatic rings. The van der Waals surface area contributed by atoms with E-state index in [1.165, 1.54) is 17.8 Å². The molecule has 2 rings (SSSR count). The first-order valence-corrected chi connectivity index (χ1v) is 8.45. The van der Waals surface area contributed by atoms with Crippen molar-refractivity contribution in [2.24, 2.45) is 0 Å². The molecule has 6 nitrogen and oxygen atoms in total. The third kappa shape index (κ3) is 5.04. The maximum Gasteiger partial charge on any atom is 0.425 e. The summed E-state index contributed by atoms with van der Waals surface area (Å²) in [5, 5.41) is 2.84. The molecule has 2 aromatic rings. The average molecular weight is 390 g/mol. The molecule has 0 fully saturated rings. The molecule has 2 aromatic heterocycles. The second-order valence-electron chi connectivity index (χ2n) is 5.04. The number of amides is 1. The Bertz CT molecular complexity index is 789. The van der Waals surface area contributed by atoms with Gasteiger partial charge in [-0.3, -0.25) is 4.79 Å². The number of carbonyl (C=O) groups is 1. The molecule has 0 spiro atoms. The monoisotopic (exact) mass is 390 g/mol. The van der Waals surface area contributed by atoms with Crippen molar-refractivity contribution in [2.75, 3.05) is 6.26 Å². The first-order chi connectivity index (χ1) is 12.2. The summed E-state index contributed by atoms with van der Waals surface area (Å²) in [4.78, 5) is 22.4. The molecule has 140 valence electrons. The largest absolute Gasteiger partial charge is 0.463 e. The molecule has 0 aliphatic carbocycles. The highest BCUT2D eigenvalue weighted by Gasteiger charge is 2.38. The molecule has 1 unspecified atom stereocenters. The molecule has 26 heavy (non-hydrogen) atoms. The van der Waals surface area contributed by atoms with Gasteiger partial charge in [0.15, 0.2) is 17.1 Å². The zero-order valence-electron chi connectivity index (χ0n) is 13.7. The van der Waals surface area contributed by atoms with E-state index in [1.807, 2.05) is 0 Å². The summed E-state index contributed by atoms with van der Waals surface area (Å²) in [5.41, 5.74) is 1.03. The lowest BCUT2D eigenvalue weighted by Crippen LogP contribution is -2.31. The third-order valence-electron chi connectivity index (χ3n) is 3.16. The maximum absolute atomic E-state index is 14.1. The number of aromatic nitrogens is 3. The van der Waals surface area contributed by atoms with E-state index >= 15 is 0 Å². The van der Waals surface area contributed by atoms with Crippen LogP contribution in [0.1, 0.15) is 12.6 Å². The van der Waals surface area contributed by atoms with E-state index in [0.29, 0.717) is 23.0 Å². The summed E-state index contributed by atoms with van der Waals surface area (Å²) in [6.07, 6.45) is -3.42. The number of hydrogen-bond donors (Lipinski definition) is 1. The zero-order valence-corrected chi connectivity index (χ0v) is 14.5. The molecule has 0 saturated carbocycles. The molecule has 0 aliphatic heterocycles. The van der Waals surface area contributed by atoms with E-state index in [-0.39, 0.29) is 12.1 Å². The second-order valence-corrected chi connectivity index (χ2v) is 5.82. The van der Waals surface area contributed by atoms with Gasteiger partial charge in [-0.25, -0.2) is 19.3 Å². The first kappa shape index (κ1) is 19.9. The van der Waals surface area contributed by atoms with Crippen molar-refractivity contribution in [3.05, 3.63) is 29.8 Å². The minimum atomic E-state index is -4.63. The molecule has 1 amide bonds. The van der Waals surface area contributed by atoms with Crippen LogP contribution in [0.3, 0.4) is 0 Å². The zero-order chi connectivity index (χ0) is 19.3. The molecule has 0 saturated heterocycles. The van der Waals surface area contributed by atoms with Crippen LogP contribution in [-0.4, -0.2) is 39.9 Å². The number of nitrogens with zero attached hydrogens (tertiary/aromatic N) is 3. The molecule has 1 atom stereocenters. The van der Waals surface area contributed by atoms with E-state index in [4.69, 9.17) is 0 Å². The van der Waals surface area contributed by atoms with Crippen LogP contribution in [-0.2, 0) is 11.3 Å². The quantitative estimate of drug-likeness (QED) is 0.339. The fourth-order valence-corrected chi connectivity index (χ4v) is 2.23. The van der Waals surface area contributed by atoms with Crippen molar-refractivity contribution < 1.29 is 27.1 Å². The number of nitrogens with one attached hydrogen (secondary N) is 1. The molecule has 1 N–H and O–H groups in total. The Hall–Kier alpha value is -2.43. The van der Waals surface area contributed by atoms with E-state index in [9.17, 15) is 22.4 Å². The highest BCUT2D eigenvalue weighted by Crippen LogP contribution is 2.28. The summed E-state index contributed by atoms with van der Waals surface area (Å²) in [6, 6.07) is 2.50. The second kappa shape index (κ2) is 8.30. The smallest absolute Gasteiger partial charge is 0.425 e. The van der Waals surface area contributed by atoms with E-state index in [2.05, 4.69) is 25.0 Å². The van der Waals surface area contributed by atoms with Gasteiger partial charge >= 0.3 is 6.18 Å². The Morgan fingerprint density at radius 3 is 2.65 bits per heavy atom. The Morgan fingerprint density at radius 1 is 1.35 bits per heavy atom. The molecule has 11 heteroatoms. The van der Waals surface area contributed by atoms with Crippen LogP contribution in [0.5, 0.6) is 5.88 Å². The number of carbonyl (C=O) groups excluding carboxylic acids is 1. The number of alkyl halides is 3. The lowest BCUT2D eigenvalue weighted by atomic mass is 10.2. The minimum absolute atomic E-state index is 0.146. The third-order valence-corrected chi connectivity index (χ3v) is 3.71. The lowest BCUT2D eigenvalue weighted by molar-refractivity contribution is -0.190. The Kier molecular flexibility index (Phi) is 6.35.